The van der Waals surface area contributed by atoms with E-state index in [1.165, 1.54) is 11.8 Å². The lowest BCUT2D eigenvalue weighted by molar-refractivity contribution is -0.141. The van der Waals surface area contributed by atoms with Crippen LogP contribution in [0.3, 0.4) is 0 Å². The second-order valence-electron chi connectivity index (χ2n) is 3.06. The summed E-state index contributed by atoms with van der Waals surface area (Å²) in [4.78, 5) is 32.9. The quantitative estimate of drug-likeness (QED) is 0.528. The number of amides is 2. The monoisotopic (exact) mass is 232 g/mol. The number of hydrogen-bond acceptors (Lipinski definition) is 4. The zero-order chi connectivity index (χ0) is 11.3. The predicted molar refractivity (Wildman–Crippen MR) is 54.5 cm³/mol. The van der Waals surface area contributed by atoms with Crippen molar-refractivity contribution in [3.63, 3.8) is 0 Å². The first-order valence-corrected chi connectivity index (χ1v) is 5.61. The smallest absolute Gasteiger partial charge is 0.327 e. The summed E-state index contributed by atoms with van der Waals surface area (Å²) in [6, 6.07) is -0.877. The van der Waals surface area contributed by atoms with Crippen LogP contribution >= 0.6 is 11.8 Å². The summed E-state index contributed by atoms with van der Waals surface area (Å²) in [7, 11) is 0. The van der Waals surface area contributed by atoms with Gasteiger partial charge in [0.25, 0.3) is 0 Å². The number of hydrogen-bond donors (Lipinski definition) is 3. The van der Waals surface area contributed by atoms with Crippen LogP contribution in [0.15, 0.2) is 0 Å². The maximum absolute atomic E-state index is 11.2. The Labute approximate surface area is 90.8 Å². The maximum atomic E-state index is 11.2. The van der Waals surface area contributed by atoms with Crippen molar-refractivity contribution in [2.45, 2.75) is 12.5 Å². The molecular formula is C8H12N2O4S. The van der Waals surface area contributed by atoms with Gasteiger partial charge in [-0.2, -0.15) is 11.8 Å². The van der Waals surface area contributed by atoms with E-state index in [-0.39, 0.29) is 18.2 Å². The first-order chi connectivity index (χ1) is 7.09. The zero-order valence-corrected chi connectivity index (χ0v) is 8.80. The van der Waals surface area contributed by atoms with Crippen molar-refractivity contribution in [1.82, 2.24) is 10.6 Å². The Morgan fingerprint density at radius 1 is 1.40 bits per heavy atom. The molecule has 1 aliphatic heterocycles. The fraction of sp³-hybridized carbons (Fsp3) is 0.625. The first-order valence-electron chi connectivity index (χ1n) is 4.46. The van der Waals surface area contributed by atoms with E-state index in [0.717, 1.165) is 0 Å². The van der Waals surface area contributed by atoms with Gasteiger partial charge in [-0.3, -0.25) is 9.59 Å². The topological polar surface area (TPSA) is 95.5 Å². The maximum Gasteiger partial charge on any atom is 0.327 e. The van der Waals surface area contributed by atoms with Crippen molar-refractivity contribution in [3.8, 4) is 0 Å². The van der Waals surface area contributed by atoms with E-state index in [1.807, 2.05) is 0 Å². The molecule has 1 aliphatic rings. The Balaban J connectivity index is 2.55. The zero-order valence-electron chi connectivity index (χ0n) is 7.99. The van der Waals surface area contributed by atoms with E-state index in [4.69, 9.17) is 5.11 Å². The Morgan fingerprint density at radius 2 is 2.13 bits per heavy atom. The second kappa shape index (κ2) is 5.59. The highest BCUT2D eigenvalue weighted by Crippen LogP contribution is 2.06. The van der Waals surface area contributed by atoms with E-state index >= 15 is 0 Å². The number of rotatable bonds is 1. The number of nitrogens with one attached hydrogen (secondary N) is 2. The minimum atomic E-state index is -1.05. The summed E-state index contributed by atoms with van der Waals surface area (Å²) >= 11 is 1.34. The minimum absolute atomic E-state index is 0.159. The van der Waals surface area contributed by atoms with Crippen molar-refractivity contribution in [1.29, 1.82) is 0 Å². The van der Waals surface area contributed by atoms with Gasteiger partial charge >= 0.3 is 5.97 Å². The Hall–Kier alpha value is -1.24. The summed E-state index contributed by atoms with van der Waals surface area (Å²) < 4.78 is 0. The van der Waals surface area contributed by atoms with Gasteiger partial charge in [0, 0.05) is 17.9 Å². The van der Waals surface area contributed by atoms with Crippen LogP contribution in [-0.2, 0) is 14.4 Å². The molecule has 0 bridgehead atoms. The molecule has 1 heterocycles. The van der Waals surface area contributed by atoms with Crippen LogP contribution in [0.5, 0.6) is 0 Å². The van der Waals surface area contributed by atoms with E-state index < -0.39 is 17.9 Å². The molecule has 0 aromatic rings. The molecule has 2 amide bonds. The molecule has 6 nitrogen and oxygen atoms in total. The standard InChI is InChI=1S/C8H12N2O4S/c11-6-1-2-15-4-5(8(13)14)10-7(12)3-9-6/h5H,1-4H2,(H,9,11)(H,10,12)(H,13,14)/t5-/m0/s1. The molecule has 1 rings (SSSR count). The largest absolute Gasteiger partial charge is 0.480 e. The highest BCUT2D eigenvalue weighted by Gasteiger charge is 2.21. The van der Waals surface area contributed by atoms with Crippen molar-refractivity contribution in [2.24, 2.45) is 0 Å². The van der Waals surface area contributed by atoms with Crippen LogP contribution in [0.1, 0.15) is 6.42 Å². The summed E-state index contributed by atoms with van der Waals surface area (Å²) in [5.41, 5.74) is 0. The van der Waals surface area contributed by atoms with Gasteiger partial charge in [-0.05, 0) is 0 Å². The molecule has 0 aromatic heterocycles. The molecule has 1 atom stereocenters. The molecule has 1 saturated heterocycles. The van der Waals surface area contributed by atoms with Crippen LogP contribution < -0.4 is 10.6 Å². The van der Waals surface area contributed by atoms with E-state index in [2.05, 4.69) is 10.6 Å². The molecule has 0 unspecified atom stereocenters. The lowest BCUT2D eigenvalue weighted by Gasteiger charge is -2.16. The number of aliphatic carboxylic acids is 1. The molecule has 1 fully saturated rings. The molecule has 84 valence electrons. The van der Waals surface area contributed by atoms with E-state index in [0.29, 0.717) is 12.2 Å². The number of carboxylic acids is 1. The third-order valence-corrected chi connectivity index (χ3v) is 2.90. The lowest BCUT2D eigenvalue weighted by Crippen LogP contribution is -2.47. The molecule has 0 aliphatic carbocycles. The molecule has 7 heteroatoms. The average Bonchev–Trinajstić information content (AvgIpc) is 2.19. The number of carbonyl (C=O) groups excluding carboxylic acids is 2. The molecule has 0 spiro atoms. The number of thioether (sulfide) groups is 1. The number of carbonyl (C=O) groups is 3. The van der Waals surface area contributed by atoms with Gasteiger partial charge < -0.3 is 15.7 Å². The van der Waals surface area contributed by atoms with Crippen LogP contribution in [0.25, 0.3) is 0 Å². The third-order valence-electron chi connectivity index (χ3n) is 1.84. The van der Waals surface area contributed by atoms with Crippen LogP contribution in [0.2, 0.25) is 0 Å². The van der Waals surface area contributed by atoms with Crippen molar-refractivity contribution < 1.29 is 19.5 Å². The van der Waals surface area contributed by atoms with Crippen LogP contribution in [0, 0.1) is 0 Å². The van der Waals surface area contributed by atoms with Crippen LogP contribution in [0.4, 0.5) is 0 Å². The lowest BCUT2D eigenvalue weighted by atomic mass is 10.3. The fourth-order valence-corrected chi connectivity index (χ4v) is 2.01. The number of carboxylic acid groups (broad SMARTS) is 1. The van der Waals surface area contributed by atoms with Crippen molar-refractivity contribution in [2.75, 3.05) is 18.1 Å². The Bertz CT molecular complexity index is 282. The van der Waals surface area contributed by atoms with Gasteiger partial charge in [0.05, 0.1) is 6.54 Å². The summed E-state index contributed by atoms with van der Waals surface area (Å²) in [6.45, 7) is -0.159. The van der Waals surface area contributed by atoms with Gasteiger partial charge in [0.1, 0.15) is 6.04 Å². The fourth-order valence-electron chi connectivity index (χ4n) is 1.05. The summed E-state index contributed by atoms with van der Waals surface area (Å²) in [6.07, 6.45) is 0.310. The Morgan fingerprint density at radius 3 is 2.80 bits per heavy atom. The molecule has 0 radical (unpaired) electrons. The van der Waals surface area contributed by atoms with Gasteiger partial charge in [0.15, 0.2) is 0 Å². The summed E-state index contributed by atoms with van der Waals surface area (Å²) in [5.74, 6) is -0.868. The van der Waals surface area contributed by atoms with Gasteiger partial charge in [-0.15, -0.1) is 0 Å². The minimum Gasteiger partial charge on any atom is -0.480 e. The molecule has 0 saturated carbocycles. The molecule has 0 aromatic carbocycles. The SMILES string of the molecule is O=C1CCSC[C@@H](C(=O)O)NC(=O)CN1. The normalized spacial score (nSPS) is 23.9. The first kappa shape index (κ1) is 11.8. The summed E-state index contributed by atoms with van der Waals surface area (Å²) in [5, 5.41) is 13.5. The second-order valence-corrected chi connectivity index (χ2v) is 4.21. The highest BCUT2D eigenvalue weighted by atomic mass is 32.2. The highest BCUT2D eigenvalue weighted by molar-refractivity contribution is 7.99. The molecule has 15 heavy (non-hydrogen) atoms. The van der Waals surface area contributed by atoms with Gasteiger partial charge in [-0.25, -0.2) is 4.79 Å². The van der Waals surface area contributed by atoms with E-state index in [9.17, 15) is 14.4 Å². The Kier molecular flexibility index (Phi) is 4.41. The van der Waals surface area contributed by atoms with Crippen molar-refractivity contribution >= 4 is 29.5 Å². The van der Waals surface area contributed by atoms with Gasteiger partial charge in [0.2, 0.25) is 11.8 Å². The predicted octanol–water partition coefficient (Wildman–Crippen LogP) is -1.19. The van der Waals surface area contributed by atoms with Crippen LogP contribution in [-0.4, -0.2) is 47.0 Å². The van der Waals surface area contributed by atoms with Crippen molar-refractivity contribution in [3.05, 3.63) is 0 Å². The van der Waals surface area contributed by atoms with E-state index in [1.54, 1.807) is 0 Å². The third kappa shape index (κ3) is 4.20. The molecular weight excluding hydrogens is 220 g/mol. The molecule has 3 N–H and O–H groups in total. The average molecular weight is 232 g/mol. The van der Waals surface area contributed by atoms with Gasteiger partial charge in [-0.1, -0.05) is 0 Å².